The molecule has 4 heteroatoms. The van der Waals surface area contributed by atoms with Crippen LogP contribution in [-0.4, -0.2) is 65.1 Å². The summed E-state index contributed by atoms with van der Waals surface area (Å²) in [4.78, 5) is 2.47. The second-order valence-electron chi connectivity index (χ2n) is 5.25. The van der Waals surface area contributed by atoms with Crippen LogP contribution in [0, 0.1) is 5.41 Å². The third-order valence-corrected chi connectivity index (χ3v) is 4.03. The van der Waals surface area contributed by atoms with Crippen LogP contribution < -0.4 is 5.32 Å². The summed E-state index contributed by atoms with van der Waals surface area (Å²) in [6.45, 7) is 13.5. The van der Waals surface area contributed by atoms with Gasteiger partial charge in [-0.25, -0.2) is 0 Å². The van der Waals surface area contributed by atoms with E-state index in [9.17, 15) is 0 Å². The largest absolute Gasteiger partial charge is 0.383 e. The molecule has 0 saturated carbocycles. The predicted molar refractivity (Wildman–Crippen MR) is 81.8 cm³/mol. The maximum Gasteiger partial charge on any atom is 0.0589 e. The smallest absolute Gasteiger partial charge is 0.0589 e. The number of methoxy groups -OCH3 is 2. The Morgan fingerprint density at radius 2 is 1.47 bits per heavy atom. The van der Waals surface area contributed by atoms with Gasteiger partial charge in [0.2, 0.25) is 0 Å². The molecule has 0 bridgehead atoms. The Balaban J connectivity index is 4.50. The Morgan fingerprint density at radius 1 is 0.947 bits per heavy atom. The van der Waals surface area contributed by atoms with Gasteiger partial charge in [-0.05, 0) is 24.8 Å². The number of nitrogens with zero attached hydrogens (tertiary/aromatic N) is 1. The molecule has 0 spiro atoms. The third kappa shape index (κ3) is 7.88. The van der Waals surface area contributed by atoms with Crippen LogP contribution in [0.5, 0.6) is 0 Å². The Morgan fingerprint density at radius 3 is 1.84 bits per heavy atom. The summed E-state index contributed by atoms with van der Waals surface area (Å²) in [6, 6.07) is 0. The zero-order valence-corrected chi connectivity index (χ0v) is 13.6. The minimum atomic E-state index is 0.359. The van der Waals surface area contributed by atoms with Crippen molar-refractivity contribution in [3.8, 4) is 0 Å². The van der Waals surface area contributed by atoms with Gasteiger partial charge in [0.05, 0.1) is 13.2 Å². The molecule has 116 valence electrons. The Labute approximate surface area is 119 Å². The molecule has 0 amide bonds. The highest BCUT2D eigenvalue weighted by Crippen LogP contribution is 2.26. The van der Waals surface area contributed by atoms with Gasteiger partial charge in [-0.15, -0.1) is 0 Å². The summed E-state index contributed by atoms with van der Waals surface area (Å²) >= 11 is 0. The van der Waals surface area contributed by atoms with Crippen molar-refractivity contribution >= 4 is 0 Å². The van der Waals surface area contributed by atoms with Crippen LogP contribution in [-0.2, 0) is 9.47 Å². The monoisotopic (exact) mass is 274 g/mol. The molecule has 0 radical (unpaired) electrons. The lowest BCUT2D eigenvalue weighted by molar-refractivity contribution is 0.0742. The lowest BCUT2D eigenvalue weighted by Gasteiger charge is -2.37. The van der Waals surface area contributed by atoms with Gasteiger partial charge in [0, 0.05) is 40.4 Å². The lowest BCUT2D eigenvalue weighted by Crippen LogP contribution is -2.45. The van der Waals surface area contributed by atoms with Gasteiger partial charge in [-0.1, -0.05) is 20.8 Å². The molecular formula is C15H34N2O2. The van der Waals surface area contributed by atoms with Gasteiger partial charge in [-0.2, -0.15) is 0 Å². The first kappa shape index (κ1) is 18.8. The predicted octanol–water partition coefficient (Wildman–Crippen LogP) is 2.00. The van der Waals surface area contributed by atoms with Crippen molar-refractivity contribution < 1.29 is 9.47 Å². The summed E-state index contributed by atoms with van der Waals surface area (Å²) in [7, 11) is 3.53. The van der Waals surface area contributed by atoms with Crippen LogP contribution in [0.4, 0.5) is 0 Å². The van der Waals surface area contributed by atoms with Crippen LogP contribution >= 0.6 is 0 Å². The fraction of sp³-hybridized carbons (Fsp3) is 1.00. The average Bonchev–Trinajstić information content (AvgIpc) is 2.46. The molecule has 0 aliphatic carbocycles. The SMILES string of the molecule is CCNCC(CC)(CC)CN(CCOC)CCOC. The fourth-order valence-electron chi connectivity index (χ4n) is 2.35. The van der Waals surface area contributed by atoms with Crippen LogP contribution in [0.2, 0.25) is 0 Å². The summed E-state index contributed by atoms with van der Waals surface area (Å²) in [5, 5.41) is 3.52. The van der Waals surface area contributed by atoms with Crippen molar-refractivity contribution in [1.29, 1.82) is 0 Å². The zero-order valence-electron chi connectivity index (χ0n) is 13.6. The maximum absolute atomic E-state index is 5.22. The average molecular weight is 274 g/mol. The molecule has 0 heterocycles. The van der Waals surface area contributed by atoms with Crippen LogP contribution in [0.3, 0.4) is 0 Å². The van der Waals surface area contributed by atoms with Crippen molar-refractivity contribution in [2.24, 2.45) is 5.41 Å². The van der Waals surface area contributed by atoms with Gasteiger partial charge < -0.3 is 14.8 Å². The first-order valence-electron chi connectivity index (χ1n) is 7.59. The molecule has 0 unspecified atom stereocenters. The fourth-order valence-corrected chi connectivity index (χ4v) is 2.35. The molecule has 0 aromatic carbocycles. The number of nitrogens with one attached hydrogen (secondary N) is 1. The first-order valence-corrected chi connectivity index (χ1v) is 7.59. The summed E-state index contributed by atoms with van der Waals surface area (Å²) < 4.78 is 10.4. The summed E-state index contributed by atoms with van der Waals surface area (Å²) in [6.07, 6.45) is 2.40. The highest BCUT2D eigenvalue weighted by atomic mass is 16.5. The Hall–Kier alpha value is -0.160. The number of ether oxygens (including phenoxy) is 2. The highest BCUT2D eigenvalue weighted by molar-refractivity contribution is 4.83. The highest BCUT2D eigenvalue weighted by Gasteiger charge is 2.28. The number of hydrogen-bond donors (Lipinski definition) is 1. The van der Waals surface area contributed by atoms with E-state index >= 15 is 0 Å². The Bertz CT molecular complexity index is 189. The van der Waals surface area contributed by atoms with Crippen molar-refractivity contribution in [3.05, 3.63) is 0 Å². The second kappa shape index (κ2) is 11.6. The van der Waals surface area contributed by atoms with Gasteiger partial charge in [0.1, 0.15) is 0 Å². The van der Waals surface area contributed by atoms with E-state index in [1.54, 1.807) is 14.2 Å². The number of hydrogen-bond acceptors (Lipinski definition) is 4. The molecular weight excluding hydrogens is 240 g/mol. The lowest BCUT2D eigenvalue weighted by atomic mass is 9.81. The zero-order chi connectivity index (χ0) is 14.6. The van der Waals surface area contributed by atoms with Gasteiger partial charge in [0.15, 0.2) is 0 Å². The van der Waals surface area contributed by atoms with E-state index in [1.807, 2.05) is 0 Å². The van der Waals surface area contributed by atoms with E-state index in [2.05, 4.69) is 31.0 Å². The van der Waals surface area contributed by atoms with Crippen molar-refractivity contribution in [2.75, 3.05) is 60.2 Å². The summed E-state index contributed by atoms with van der Waals surface area (Å²) in [5.41, 5.74) is 0.359. The molecule has 0 aliphatic heterocycles. The topological polar surface area (TPSA) is 33.7 Å². The van der Waals surface area contributed by atoms with Crippen LogP contribution in [0.1, 0.15) is 33.6 Å². The quantitative estimate of drug-likeness (QED) is 0.557. The summed E-state index contributed by atoms with van der Waals surface area (Å²) in [5.74, 6) is 0. The molecule has 0 rings (SSSR count). The molecule has 0 aliphatic rings. The normalized spacial score (nSPS) is 12.3. The van der Waals surface area contributed by atoms with E-state index in [0.29, 0.717) is 5.41 Å². The van der Waals surface area contributed by atoms with E-state index in [0.717, 1.165) is 45.9 Å². The molecule has 0 aromatic rings. The molecule has 1 N–H and O–H groups in total. The van der Waals surface area contributed by atoms with Gasteiger partial charge >= 0.3 is 0 Å². The van der Waals surface area contributed by atoms with Crippen molar-refractivity contribution in [3.63, 3.8) is 0 Å². The molecule has 0 saturated heterocycles. The number of rotatable bonds is 13. The first-order chi connectivity index (χ1) is 9.17. The molecule has 0 aromatic heterocycles. The van der Waals surface area contributed by atoms with Crippen molar-refractivity contribution in [1.82, 2.24) is 10.2 Å². The van der Waals surface area contributed by atoms with Crippen LogP contribution in [0.15, 0.2) is 0 Å². The van der Waals surface area contributed by atoms with Gasteiger partial charge in [0.25, 0.3) is 0 Å². The van der Waals surface area contributed by atoms with Crippen molar-refractivity contribution in [2.45, 2.75) is 33.6 Å². The van der Waals surface area contributed by atoms with Gasteiger partial charge in [-0.3, -0.25) is 4.90 Å². The third-order valence-electron chi connectivity index (χ3n) is 4.03. The van der Waals surface area contributed by atoms with E-state index in [-0.39, 0.29) is 0 Å². The second-order valence-corrected chi connectivity index (χ2v) is 5.25. The molecule has 0 fully saturated rings. The molecule has 0 atom stereocenters. The van der Waals surface area contributed by atoms with E-state index in [1.165, 1.54) is 12.8 Å². The molecule has 19 heavy (non-hydrogen) atoms. The van der Waals surface area contributed by atoms with E-state index in [4.69, 9.17) is 9.47 Å². The minimum Gasteiger partial charge on any atom is -0.383 e. The molecule has 4 nitrogen and oxygen atoms in total. The van der Waals surface area contributed by atoms with Crippen LogP contribution in [0.25, 0.3) is 0 Å². The minimum absolute atomic E-state index is 0.359. The standard InChI is InChI=1S/C15H34N2O2/c1-6-15(7-2,13-16-8-3)14-17(9-11-18-4)10-12-19-5/h16H,6-14H2,1-5H3. The maximum atomic E-state index is 5.22. The Kier molecular flexibility index (Phi) is 11.6. The van der Waals surface area contributed by atoms with E-state index < -0.39 is 0 Å².